The van der Waals surface area contributed by atoms with Crippen molar-refractivity contribution in [1.82, 2.24) is 4.98 Å². The molecular formula is C9H11N3O3. The smallest absolute Gasteiger partial charge is 0.311 e. The molecule has 2 rings (SSSR count). The number of aromatic nitrogens is 1. The van der Waals surface area contributed by atoms with E-state index in [4.69, 9.17) is 10.5 Å². The van der Waals surface area contributed by atoms with Crippen LogP contribution in [0.25, 0.3) is 0 Å². The second-order valence-electron chi connectivity index (χ2n) is 3.48. The van der Waals surface area contributed by atoms with E-state index >= 15 is 0 Å². The lowest BCUT2D eigenvalue weighted by Crippen LogP contribution is -2.25. The van der Waals surface area contributed by atoms with Crippen LogP contribution in [0, 0.1) is 10.1 Å². The summed E-state index contributed by atoms with van der Waals surface area (Å²) >= 11 is 0. The molecule has 1 aliphatic carbocycles. The second kappa shape index (κ2) is 3.72. The number of nitro groups is 1. The molecule has 0 aromatic carbocycles. The van der Waals surface area contributed by atoms with Gasteiger partial charge in [-0.25, -0.2) is 0 Å². The molecule has 1 heterocycles. The Morgan fingerprint density at radius 3 is 2.73 bits per heavy atom. The summed E-state index contributed by atoms with van der Waals surface area (Å²) in [5.41, 5.74) is 5.24. The molecule has 6 nitrogen and oxygen atoms in total. The molecular weight excluding hydrogens is 198 g/mol. The lowest BCUT2D eigenvalue weighted by Gasteiger charge is -2.25. The summed E-state index contributed by atoms with van der Waals surface area (Å²) in [5, 5.41) is 10.5. The van der Waals surface area contributed by atoms with Crippen molar-refractivity contribution >= 4 is 11.5 Å². The first-order chi connectivity index (χ1) is 7.16. The highest BCUT2D eigenvalue weighted by Crippen LogP contribution is 2.27. The highest BCUT2D eigenvalue weighted by atomic mass is 16.6. The number of ether oxygens (including phenoxy) is 1. The predicted octanol–water partition coefficient (Wildman–Crippen LogP) is 1.50. The Morgan fingerprint density at radius 1 is 1.53 bits per heavy atom. The van der Waals surface area contributed by atoms with Crippen molar-refractivity contribution in [2.24, 2.45) is 0 Å². The summed E-state index contributed by atoms with van der Waals surface area (Å²) in [6.45, 7) is 0. The fourth-order valence-corrected chi connectivity index (χ4v) is 1.33. The maximum absolute atomic E-state index is 10.5. The number of anilines is 1. The van der Waals surface area contributed by atoms with E-state index in [2.05, 4.69) is 4.98 Å². The van der Waals surface area contributed by atoms with Crippen molar-refractivity contribution in [3.8, 4) is 5.88 Å². The van der Waals surface area contributed by atoms with E-state index in [1.807, 2.05) is 0 Å². The van der Waals surface area contributed by atoms with Crippen LogP contribution in [0.15, 0.2) is 12.1 Å². The molecule has 0 unspecified atom stereocenters. The Bertz CT molecular complexity index is 390. The Morgan fingerprint density at radius 2 is 2.27 bits per heavy atom. The van der Waals surface area contributed by atoms with Crippen molar-refractivity contribution < 1.29 is 9.66 Å². The molecule has 1 aromatic rings. The van der Waals surface area contributed by atoms with Gasteiger partial charge in [0.15, 0.2) is 0 Å². The fraction of sp³-hybridized carbons (Fsp3) is 0.444. The third-order valence-electron chi connectivity index (χ3n) is 2.41. The van der Waals surface area contributed by atoms with Gasteiger partial charge in [-0.1, -0.05) is 0 Å². The lowest BCUT2D eigenvalue weighted by molar-refractivity contribution is -0.384. The Hall–Kier alpha value is -1.85. The number of hydrogen-bond acceptors (Lipinski definition) is 5. The molecule has 2 N–H and O–H groups in total. The SMILES string of the molecule is Nc1nc(OC2CCC2)ccc1[N+](=O)[O-]. The molecule has 0 atom stereocenters. The van der Waals surface area contributed by atoms with Crippen molar-refractivity contribution in [2.45, 2.75) is 25.4 Å². The molecule has 80 valence electrons. The number of pyridine rings is 1. The van der Waals surface area contributed by atoms with Crippen LogP contribution in [-0.2, 0) is 0 Å². The quantitative estimate of drug-likeness (QED) is 0.601. The molecule has 15 heavy (non-hydrogen) atoms. The molecule has 0 radical (unpaired) electrons. The first-order valence-corrected chi connectivity index (χ1v) is 4.74. The van der Waals surface area contributed by atoms with Gasteiger partial charge >= 0.3 is 5.69 Å². The lowest BCUT2D eigenvalue weighted by atomic mass is 9.96. The van der Waals surface area contributed by atoms with Gasteiger partial charge in [0.2, 0.25) is 11.7 Å². The standard InChI is InChI=1S/C9H11N3O3/c10-9-7(12(13)14)4-5-8(11-9)15-6-2-1-3-6/h4-6H,1-3H2,(H2,10,11). The van der Waals surface area contributed by atoms with E-state index in [9.17, 15) is 10.1 Å². The maximum atomic E-state index is 10.5. The van der Waals surface area contributed by atoms with Crippen molar-refractivity contribution in [3.05, 3.63) is 22.2 Å². The number of nitrogen functional groups attached to an aromatic ring is 1. The Labute approximate surface area is 86.2 Å². The summed E-state index contributed by atoms with van der Waals surface area (Å²) in [5.74, 6) is 0.264. The fourth-order valence-electron chi connectivity index (χ4n) is 1.33. The van der Waals surface area contributed by atoms with E-state index in [0.29, 0.717) is 5.88 Å². The first kappa shape index (κ1) is 9.70. The Balaban J connectivity index is 2.13. The van der Waals surface area contributed by atoms with Crippen LogP contribution in [0.4, 0.5) is 11.5 Å². The molecule has 0 amide bonds. The summed E-state index contributed by atoms with van der Waals surface area (Å²) < 4.78 is 5.45. The van der Waals surface area contributed by atoms with Gasteiger partial charge in [0.25, 0.3) is 0 Å². The van der Waals surface area contributed by atoms with Gasteiger partial charge < -0.3 is 10.5 Å². The average molecular weight is 209 g/mol. The van der Waals surface area contributed by atoms with Crippen LogP contribution in [0.3, 0.4) is 0 Å². The summed E-state index contributed by atoms with van der Waals surface area (Å²) in [6, 6.07) is 2.79. The largest absolute Gasteiger partial charge is 0.474 e. The van der Waals surface area contributed by atoms with Crippen LogP contribution in [0.2, 0.25) is 0 Å². The molecule has 0 saturated heterocycles. The number of nitrogens with two attached hydrogens (primary N) is 1. The van der Waals surface area contributed by atoms with E-state index in [0.717, 1.165) is 19.3 Å². The molecule has 6 heteroatoms. The topological polar surface area (TPSA) is 91.3 Å². The number of rotatable bonds is 3. The van der Waals surface area contributed by atoms with Gasteiger partial charge in [0.05, 0.1) is 4.92 Å². The highest BCUT2D eigenvalue weighted by molar-refractivity contribution is 5.53. The Kier molecular flexibility index (Phi) is 2.40. The first-order valence-electron chi connectivity index (χ1n) is 4.74. The third-order valence-corrected chi connectivity index (χ3v) is 2.41. The van der Waals surface area contributed by atoms with Crippen LogP contribution >= 0.6 is 0 Å². The normalized spacial score (nSPS) is 15.7. The zero-order valence-electron chi connectivity index (χ0n) is 8.05. The van der Waals surface area contributed by atoms with E-state index in [-0.39, 0.29) is 17.6 Å². The van der Waals surface area contributed by atoms with Crippen LogP contribution < -0.4 is 10.5 Å². The van der Waals surface area contributed by atoms with E-state index < -0.39 is 4.92 Å². The van der Waals surface area contributed by atoms with Crippen molar-refractivity contribution in [1.29, 1.82) is 0 Å². The van der Waals surface area contributed by atoms with Gasteiger partial charge in [-0.2, -0.15) is 4.98 Å². The van der Waals surface area contributed by atoms with Crippen molar-refractivity contribution in [3.63, 3.8) is 0 Å². The van der Waals surface area contributed by atoms with Gasteiger partial charge in [0, 0.05) is 12.1 Å². The molecule has 0 spiro atoms. The zero-order chi connectivity index (χ0) is 10.8. The second-order valence-corrected chi connectivity index (χ2v) is 3.48. The minimum atomic E-state index is -0.560. The van der Waals surface area contributed by atoms with Gasteiger partial charge in [-0.05, 0) is 19.3 Å². The zero-order valence-corrected chi connectivity index (χ0v) is 8.05. The van der Waals surface area contributed by atoms with Crippen LogP contribution in [0.1, 0.15) is 19.3 Å². The average Bonchev–Trinajstić information content (AvgIpc) is 2.11. The highest BCUT2D eigenvalue weighted by Gasteiger charge is 2.21. The molecule has 1 aromatic heterocycles. The summed E-state index contributed by atoms with van der Waals surface area (Å²) in [7, 11) is 0. The van der Waals surface area contributed by atoms with Gasteiger partial charge in [-0.3, -0.25) is 10.1 Å². The number of nitrogens with zero attached hydrogens (tertiary/aromatic N) is 2. The molecule has 0 aliphatic heterocycles. The van der Waals surface area contributed by atoms with Crippen LogP contribution in [-0.4, -0.2) is 16.0 Å². The minimum absolute atomic E-state index is 0.100. The van der Waals surface area contributed by atoms with Gasteiger partial charge in [-0.15, -0.1) is 0 Å². The predicted molar refractivity (Wildman–Crippen MR) is 53.6 cm³/mol. The minimum Gasteiger partial charge on any atom is -0.474 e. The number of hydrogen-bond donors (Lipinski definition) is 1. The summed E-state index contributed by atoms with van der Waals surface area (Å²) in [4.78, 5) is 13.7. The third kappa shape index (κ3) is 1.98. The van der Waals surface area contributed by atoms with Crippen LogP contribution in [0.5, 0.6) is 5.88 Å². The van der Waals surface area contributed by atoms with E-state index in [1.165, 1.54) is 12.1 Å². The molecule has 1 fully saturated rings. The van der Waals surface area contributed by atoms with Crippen molar-refractivity contribution in [2.75, 3.05) is 5.73 Å². The molecule has 0 bridgehead atoms. The maximum Gasteiger partial charge on any atom is 0.311 e. The summed E-state index contributed by atoms with van der Waals surface area (Å²) in [6.07, 6.45) is 3.38. The molecule has 1 saturated carbocycles. The van der Waals surface area contributed by atoms with E-state index in [1.54, 1.807) is 0 Å². The van der Waals surface area contributed by atoms with Gasteiger partial charge in [0.1, 0.15) is 6.10 Å². The molecule has 1 aliphatic rings. The monoisotopic (exact) mass is 209 g/mol.